The minimum Gasteiger partial charge on any atom is -0.312 e. The van der Waals surface area contributed by atoms with E-state index < -0.39 is 9.84 Å². The maximum atomic E-state index is 12.5. The fraction of sp³-hybridized carbons (Fsp3) is 0.538. The molecule has 0 aromatic heterocycles. The first-order valence-electron chi connectivity index (χ1n) is 5.95. The summed E-state index contributed by atoms with van der Waals surface area (Å²) in [6.45, 7) is 5.82. The third-order valence-electron chi connectivity index (χ3n) is 3.55. The lowest BCUT2D eigenvalue weighted by Gasteiger charge is -2.16. The average Bonchev–Trinajstić information content (AvgIpc) is 2.44. The molecule has 0 fully saturated rings. The van der Waals surface area contributed by atoms with Gasteiger partial charge >= 0.3 is 0 Å². The zero-order valence-corrected chi connectivity index (χ0v) is 11.6. The number of fused-ring (bicyclic) bond motifs is 1. The van der Waals surface area contributed by atoms with Crippen LogP contribution in [-0.4, -0.2) is 20.7 Å². The molecule has 0 saturated carbocycles. The average molecular weight is 253 g/mol. The molecule has 0 amide bonds. The second-order valence-corrected chi connectivity index (χ2v) is 6.86. The van der Waals surface area contributed by atoms with Crippen molar-refractivity contribution in [1.82, 2.24) is 5.32 Å². The van der Waals surface area contributed by atoms with E-state index in [9.17, 15) is 8.42 Å². The number of nitrogens with one attached hydrogen (secondary N) is 1. The van der Waals surface area contributed by atoms with Gasteiger partial charge in [-0.05, 0) is 38.4 Å². The van der Waals surface area contributed by atoms with Crippen LogP contribution in [0.5, 0.6) is 0 Å². The lowest BCUT2D eigenvalue weighted by atomic mass is 9.98. The third-order valence-corrected chi connectivity index (χ3v) is 6.08. The van der Waals surface area contributed by atoms with E-state index in [1.807, 2.05) is 40.0 Å². The van der Waals surface area contributed by atoms with Crippen molar-refractivity contribution in [2.75, 3.05) is 7.05 Å². The van der Waals surface area contributed by atoms with Crippen LogP contribution in [0.1, 0.15) is 36.1 Å². The molecule has 1 aromatic carbocycles. The first-order valence-corrected chi connectivity index (χ1v) is 7.50. The lowest BCUT2D eigenvalue weighted by Crippen LogP contribution is -2.28. The highest BCUT2D eigenvalue weighted by Gasteiger charge is 2.44. The summed E-state index contributed by atoms with van der Waals surface area (Å²) >= 11 is 0. The second kappa shape index (κ2) is 4.10. The van der Waals surface area contributed by atoms with Gasteiger partial charge in [0, 0.05) is 0 Å². The van der Waals surface area contributed by atoms with Crippen LogP contribution < -0.4 is 5.32 Å². The van der Waals surface area contributed by atoms with Crippen molar-refractivity contribution >= 4 is 9.84 Å². The van der Waals surface area contributed by atoms with Gasteiger partial charge in [0.05, 0.1) is 16.2 Å². The Morgan fingerprint density at radius 1 is 1.29 bits per heavy atom. The van der Waals surface area contributed by atoms with Gasteiger partial charge in [-0.2, -0.15) is 0 Å². The molecule has 94 valence electrons. The van der Waals surface area contributed by atoms with Crippen molar-refractivity contribution in [2.45, 2.75) is 43.4 Å². The van der Waals surface area contributed by atoms with Crippen LogP contribution in [0.25, 0.3) is 0 Å². The number of hydrogen-bond acceptors (Lipinski definition) is 3. The quantitative estimate of drug-likeness (QED) is 0.878. The maximum Gasteiger partial charge on any atom is 0.183 e. The van der Waals surface area contributed by atoms with E-state index in [0.717, 1.165) is 16.7 Å². The van der Waals surface area contributed by atoms with E-state index in [4.69, 9.17) is 0 Å². The Bertz CT molecular complexity index is 549. The van der Waals surface area contributed by atoms with Crippen LogP contribution in [0.2, 0.25) is 0 Å². The minimum atomic E-state index is -3.17. The summed E-state index contributed by atoms with van der Waals surface area (Å²) < 4.78 is 25.0. The minimum absolute atomic E-state index is 0.0707. The Labute approximate surface area is 103 Å². The molecule has 2 unspecified atom stereocenters. The van der Waals surface area contributed by atoms with Crippen LogP contribution in [0.4, 0.5) is 0 Å². The normalized spacial score (nSPS) is 25.9. The molecule has 2 rings (SSSR count). The molecule has 0 spiro atoms. The maximum absolute atomic E-state index is 12.5. The fourth-order valence-corrected chi connectivity index (χ4v) is 5.34. The molecular weight excluding hydrogens is 234 g/mol. The highest BCUT2D eigenvalue weighted by molar-refractivity contribution is 7.92. The van der Waals surface area contributed by atoms with Gasteiger partial charge in [-0.15, -0.1) is 0 Å². The molecule has 2 atom stereocenters. The molecular formula is C13H19NO2S. The van der Waals surface area contributed by atoms with Crippen LogP contribution in [-0.2, 0) is 9.84 Å². The smallest absolute Gasteiger partial charge is 0.183 e. The SMILES string of the molecule is CCC1C(NC)c2cc(C)cc(C)c2S1(=O)=O. The molecule has 4 heteroatoms. The Kier molecular flexibility index (Phi) is 3.04. The largest absolute Gasteiger partial charge is 0.312 e. The number of hydrogen-bond donors (Lipinski definition) is 1. The lowest BCUT2D eigenvalue weighted by molar-refractivity contribution is 0.528. The molecule has 17 heavy (non-hydrogen) atoms. The predicted molar refractivity (Wildman–Crippen MR) is 69.0 cm³/mol. The molecule has 3 nitrogen and oxygen atoms in total. The standard InChI is InChI=1S/C13H19NO2S/c1-5-11-12(14-4)10-7-8(2)6-9(3)13(10)17(11,15)16/h6-7,11-12,14H,5H2,1-4H3. The third kappa shape index (κ3) is 1.70. The van der Waals surface area contributed by atoms with E-state index in [-0.39, 0.29) is 11.3 Å². The summed E-state index contributed by atoms with van der Waals surface area (Å²) in [6, 6.07) is 3.87. The molecule has 1 aliphatic rings. The van der Waals surface area contributed by atoms with E-state index >= 15 is 0 Å². The van der Waals surface area contributed by atoms with Crippen LogP contribution in [0.15, 0.2) is 17.0 Å². The van der Waals surface area contributed by atoms with Gasteiger partial charge in [-0.25, -0.2) is 8.42 Å². The van der Waals surface area contributed by atoms with Gasteiger partial charge in [0.25, 0.3) is 0 Å². The van der Waals surface area contributed by atoms with Crippen molar-refractivity contribution < 1.29 is 8.42 Å². The first-order chi connectivity index (χ1) is 7.93. The van der Waals surface area contributed by atoms with Crippen LogP contribution in [0.3, 0.4) is 0 Å². The summed E-state index contributed by atoms with van der Waals surface area (Å²) in [5.41, 5.74) is 2.93. The number of rotatable bonds is 2. The molecule has 1 N–H and O–H groups in total. The molecule has 1 heterocycles. The van der Waals surface area contributed by atoms with Gasteiger partial charge in [0.2, 0.25) is 0 Å². The highest BCUT2D eigenvalue weighted by atomic mass is 32.2. The zero-order valence-electron chi connectivity index (χ0n) is 10.7. The van der Waals surface area contributed by atoms with Crippen molar-refractivity contribution in [2.24, 2.45) is 0 Å². The van der Waals surface area contributed by atoms with Crippen molar-refractivity contribution in [1.29, 1.82) is 0 Å². The number of benzene rings is 1. The summed E-state index contributed by atoms with van der Waals surface area (Å²) in [6.07, 6.45) is 0.640. The molecule has 0 bridgehead atoms. The van der Waals surface area contributed by atoms with Gasteiger partial charge < -0.3 is 5.32 Å². The molecule has 0 aliphatic carbocycles. The first kappa shape index (κ1) is 12.6. The van der Waals surface area contributed by atoms with Crippen LogP contribution >= 0.6 is 0 Å². The molecule has 0 radical (unpaired) electrons. The summed E-state index contributed by atoms with van der Waals surface area (Å²) in [5.74, 6) is 0. The highest BCUT2D eigenvalue weighted by Crippen LogP contribution is 2.42. The van der Waals surface area contributed by atoms with Gasteiger partial charge in [0.1, 0.15) is 0 Å². The van der Waals surface area contributed by atoms with Crippen LogP contribution in [0, 0.1) is 13.8 Å². The van der Waals surface area contributed by atoms with E-state index in [0.29, 0.717) is 11.3 Å². The summed E-state index contributed by atoms with van der Waals surface area (Å²) in [7, 11) is -1.34. The van der Waals surface area contributed by atoms with Crippen molar-refractivity contribution in [3.63, 3.8) is 0 Å². The Morgan fingerprint density at radius 3 is 2.47 bits per heavy atom. The molecule has 1 aliphatic heterocycles. The Balaban J connectivity index is 2.76. The van der Waals surface area contributed by atoms with E-state index in [2.05, 4.69) is 5.32 Å². The van der Waals surface area contributed by atoms with Gasteiger partial charge in [0.15, 0.2) is 9.84 Å². The molecule has 1 aromatic rings. The van der Waals surface area contributed by atoms with Gasteiger partial charge in [-0.3, -0.25) is 0 Å². The van der Waals surface area contributed by atoms with Crippen molar-refractivity contribution in [3.05, 3.63) is 28.8 Å². The zero-order chi connectivity index (χ0) is 12.8. The van der Waals surface area contributed by atoms with Gasteiger partial charge in [-0.1, -0.05) is 24.6 Å². The monoisotopic (exact) mass is 253 g/mol. The summed E-state index contributed by atoms with van der Waals surface area (Å²) in [5, 5.41) is 2.82. The Hall–Kier alpha value is -0.870. The predicted octanol–water partition coefficient (Wildman–Crippen LogP) is 2.13. The number of sulfone groups is 1. The van der Waals surface area contributed by atoms with Crippen molar-refractivity contribution in [3.8, 4) is 0 Å². The Morgan fingerprint density at radius 2 is 1.94 bits per heavy atom. The molecule has 0 saturated heterocycles. The number of aryl methyl sites for hydroxylation is 2. The van der Waals surface area contributed by atoms with E-state index in [1.54, 1.807) is 0 Å². The fourth-order valence-electron chi connectivity index (χ4n) is 2.93. The summed E-state index contributed by atoms with van der Waals surface area (Å²) in [4.78, 5) is 0.550. The topological polar surface area (TPSA) is 46.2 Å². The second-order valence-electron chi connectivity index (χ2n) is 4.76. The van der Waals surface area contributed by atoms with E-state index in [1.165, 1.54) is 0 Å².